The molecular weight excluding hydrogens is 412 g/mol. The van der Waals surface area contributed by atoms with E-state index in [1.807, 2.05) is 0 Å². The Balaban J connectivity index is 4.16. The molecule has 4 N–H and O–H groups in total. The highest BCUT2D eigenvalue weighted by Gasteiger charge is 2.36. The fourth-order valence-electron chi connectivity index (χ4n) is 1.57. The van der Waals surface area contributed by atoms with Gasteiger partial charge in [-0.15, -0.1) is 0 Å². The van der Waals surface area contributed by atoms with Crippen molar-refractivity contribution in [1.29, 1.82) is 0 Å². The van der Waals surface area contributed by atoms with Crippen LogP contribution < -0.4 is 0 Å². The van der Waals surface area contributed by atoms with Crippen LogP contribution >= 0.6 is 10.9 Å². The second-order valence-corrected chi connectivity index (χ2v) is 14.7. The van der Waals surface area contributed by atoms with Crippen LogP contribution in [0.5, 0.6) is 0 Å². The molecule has 0 aliphatic rings. The summed E-state index contributed by atoms with van der Waals surface area (Å²) in [6.07, 6.45) is 0.648. The molecule has 0 fully saturated rings. The summed E-state index contributed by atoms with van der Waals surface area (Å²) in [5, 5.41) is 0. The molecule has 0 spiro atoms. The summed E-state index contributed by atoms with van der Waals surface area (Å²) in [6.45, 7) is 5.68. The maximum atomic E-state index is 11.9. The summed E-state index contributed by atoms with van der Waals surface area (Å²) in [5.41, 5.74) is 0. The maximum absolute atomic E-state index is 11.9. The van der Waals surface area contributed by atoms with Crippen LogP contribution in [0.1, 0.15) is 47.0 Å². The van der Waals surface area contributed by atoms with Crippen LogP contribution in [0.4, 0.5) is 0 Å². The second-order valence-electron chi connectivity index (χ2n) is 7.06. The molecule has 0 aliphatic heterocycles. The van der Waals surface area contributed by atoms with Gasteiger partial charge >= 0.3 is 0 Å². The summed E-state index contributed by atoms with van der Waals surface area (Å²) >= 11 is 0. The van der Waals surface area contributed by atoms with Gasteiger partial charge in [-0.2, -0.15) is 8.42 Å². The predicted molar refractivity (Wildman–Crippen MR) is 105 cm³/mol. The van der Waals surface area contributed by atoms with Gasteiger partial charge in [-0.25, -0.2) is 0 Å². The molecule has 0 saturated heterocycles. The molecule has 0 heterocycles. The average Bonchev–Trinajstić information content (AvgIpc) is 2.40. The van der Waals surface area contributed by atoms with Crippen molar-refractivity contribution in [2.24, 2.45) is 0 Å². The zero-order chi connectivity index (χ0) is 20.1. The molecule has 25 heavy (non-hydrogen) atoms. The predicted octanol–water partition coefficient (Wildman–Crippen LogP) is 2.32. The highest BCUT2D eigenvalue weighted by molar-refractivity contribution is 8.20. The third-order valence-corrected chi connectivity index (χ3v) is 10.1. The highest BCUT2D eigenvalue weighted by Crippen LogP contribution is 2.49. The first-order valence-electron chi connectivity index (χ1n) is 7.67. The fraction of sp³-hybridized carbons (Fsp3) is 1.00. The zero-order valence-corrected chi connectivity index (χ0v) is 18.3. The maximum Gasteiger partial charge on any atom is 0.270 e. The Kier molecular flexibility index (Phi) is 9.75. The fourth-order valence-corrected chi connectivity index (χ4v) is 5.56. The van der Waals surface area contributed by atoms with Gasteiger partial charge in [0.1, 0.15) is 0 Å². The van der Waals surface area contributed by atoms with Gasteiger partial charge in [-0.3, -0.25) is 13.0 Å². The van der Waals surface area contributed by atoms with Crippen LogP contribution in [0, 0.1) is 0 Å². The van der Waals surface area contributed by atoms with Gasteiger partial charge in [0, 0.05) is 44.6 Å². The molecule has 0 saturated carbocycles. The lowest BCUT2D eigenvalue weighted by molar-refractivity contribution is 0.337. The van der Waals surface area contributed by atoms with Gasteiger partial charge in [-0.05, 0) is 47.0 Å². The van der Waals surface area contributed by atoms with Crippen molar-refractivity contribution in [2.45, 2.75) is 56.5 Å². The Morgan fingerprint density at radius 2 is 1.08 bits per heavy atom. The molecule has 2 atom stereocenters. The van der Waals surface area contributed by atoms with Crippen molar-refractivity contribution >= 4 is 42.6 Å². The molecule has 0 aromatic rings. The summed E-state index contributed by atoms with van der Waals surface area (Å²) in [7, 11) is -10.4. The zero-order valence-electron chi connectivity index (χ0n) is 15.0. The third-order valence-electron chi connectivity index (χ3n) is 4.05. The van der Waals surface area contributed by atoms with Crippen LogP contribution in [0.25, 0.3) is 0 Å². The first-order valence-corrected chi connectivity index (χ1v) is 13.6. The van der Waals surface area contributed by atoms with Crippen LogP contribution in [0.2, 0.25) is 0 Å². The molecule has 0 amide bonds. The van der Waals surface area contributed by atoms with Crippen molar-refractivity contribution in [3.8, 4) is 0 Å². The van der Waals surface area contributed by atoms with E-state index in [0.717, 1.165) is 0 Å². The Morgan fingerprint density at radius 3 is 1.40 bits per heavy atom. The van der Waals surface area contributed by atoms with Gasteiger partial charge in [0.15, 0.2) is 0 Å². The van der Waals surface area contributed by atoms with Gasteiger partial charge in [0.05, 0.1) is 20.4 Å². The summed E-state index contributed by atoms with van der Waals surface area (Å²) < 4.78 is 80.5. The lowest BCUT2D eigenvalue weighted by Crippen LogP contribution is -2.33. The second kappa shape index (κ2) is 9.58. The van der Waals surface area contributed by atoms with Crippen molar-refractivity contribution in [1.82, 2.24) is 0 Å². The van der Waals surface area contributed by atoms with Crippen molar-refractivity contribution < 1.29 is 35.0 Å². The quantitative estimate of drug-likeness (QED) is 0.336. The highest BCUT2D eigenvalue weighted by atomic mass is 32.3. The first kappa shape index (κ1) is 25.4. The van der Waals surface area contributed by atoms with E-state index in [1.54, 1.807) is 0 Å². The smallest absolute Gasteiger partial charge is 0.270 e. The topological polar surface area (TPSA) is 149 Å². The van der Waals surface area contributed by atoms with E-state index in [0.29, 0.717) is 6.42 Å². The lowest BCUT2D eigenvalue weighted by atomic mass is 10.1. The van der Waals surface area contributed by atoms with E-state index >= 15 is 0 Å². The monoisotopic (exact) mass is 442 g/mol. The van der Waals surface area contributed by atoms with Crippen LogP contribution in [-0.2, 0) is 31.7 Å². The molecule has 0 aromatic heterocycles. The SMILES string of the molecule is CC(C)(CCS(=O)CCCS(=O)CCC(C)(C)S(=O)(=O)O)S(O)(O)O. The normalized spacial score (nSPS) is 17.3. The molecule has 0 aliphatic carbocycles. The molecule has 0 aromatic carbocycles. The van der Waals surface area contributed by atoms with E-state index in [2.05, 4.69) is 0 Å². The van der Waals surface area contributed by atoms with E-state index < -0.39 is 52.1 Å². The minimum absolute atomic E-state index is 0.0596. The van der Waals surface area contributed by atoms with Gasteiger partial charge in [-0.1, -0.05) is 0 Å². The molecule has 2 unspecified atom stereocenters. The minimum atomic E-state index is -4.21. The van der Waals surface area contributed by atoms with Crippen molar-refractivity contribution in [3.63, 3.8) is 0 Å². The Bertz CT molecular complexity index is 577. The molecular formula is C13H30O8S4. The average molecular weight is 443 g/mol. The van der Waals surface area contributed by atoms with Crippen LogP contribution in [0.3, 0.4) is 0 Å². The molecule has 12 heteroatoms. The van der Waals surface area contributed by atoms with Crippen molar-refractivity contribution in [2.75, 3.05) is 23.0 Å². The number of rotatable bonds is 12. The molecule has 0 rings (SSSR count). The van der Waals surface area contributed by atoms with E-state index in [4.69, 9.17) is 4.55 Å². The van der Waals surface area contributed by atoms with E-state index in [1.165, 1.54) is 27.7 Å². The molecule has 0 bridgehead atoms. The van der Waals surface area contributed by atoms with E-state index in [-0.39, 0.29) is 35.9 Å². The van der Waals surface area contributed by atoms with Crippen molar-refractivity contribution in [3.05, 3.63) is 0 Å². The van der Waals surface area contributed by atoms with Gasteiger partial charge in [0.2, 0.25) is 0 Å². The van der Waals surface area contributed by atoms with Crippen LogP contribution in [-0.4, -0.2) is 67.6 Å². The Hall–Kier alpha value is 0.440. The molecule has 154 valence electrons. The minimum Gasteiger partial charge on any atom is -0.308 e. The first-order chi connectivity index (χ1) is 11.0. The summed E-state index contributed by atoms with van der Waals surface area (Å²) in [4.78, 5) is 0. The lowest BCUT2D eigenvalue weighted by Gasteiger charge is -2.36. The number of hydrogen-bond acceptors (Lipinski definition) is 7. The third kappa shape index (κ3) is 9.27. The summed E-state index contributed by atoms with van der Waals surface area (Å²) in [5.74, 6) is 0.865. The van der Waals surface area contributed by atoms with Gasteiger partial charge < -0.3 is 13.7 Å². The van der Waals surface area contributed by atoms with Crippen LogP contribution in [0.15, 0.2) is 0 Å². The largest absolute Gasteiger partial charge is 0.308 e. The Labute approximate surface area is 157 Å². The molecule has 8 nitrogen and oxygen atoms in total. The standard InChI is InChI=1S/C13H30O8S4/c1-12(2,24(16,17)18)6-10-22(14)8-5-9-23(15)11-7-13(3,4)25(19,20)21/h16-18H,5-11H2,1-4H3,(H,19,20,21). The van der Waals surface area contributed by atoms with E-state index in [9.17, 15) is 30.5 Å². The number of hydrogen-bond donors (Lipinski definition) is 4. The summed E-state index contributed by atoms with van der Waals surface area (Å²) in [6, 6.07) is 0. The Morgan fingerprint density at radius 1 is 0.720 bits per heavy atom. The van der Waals surface area contributed by atoms with Gasteiger partial charge in [0.25, 0.3) is 10.1 Å². The molecule has 0 radical (unpaired) electrons.